The first-order valence-corrected chi connectivity index (χ1v) is 4.51. The maximum Gasteiger partial charge on any atom is 0.102 e. The SMILES string of the molecule is Sc1c(CCl)ccc2[nH]cnc12. The second-order valence-electron chi connectivity index (χ2n) is 2.51. The number of hydrogen-bond acceptors (Lipinski definition) is 2. The van der Waals surface area contributed by atoms with Gasteiger partial charge in [-0.3, -0.25) is 0 Å². The lowest BCUT2D eigenvalue weighted by Gasteiger charge is -1.99. The van der Waals surface area contributed by atoms with E-state index < -0.39 is 0 Å². The van der Waals surface area contributed by atoms with Gasteiger partial charge in [0.1, 0.15) is 5.52 Å². The monoisotopic (exact) mass is 198 g/mol. The summed E-state index contributed by atoms with van der Waals surface area (Å²) in [4.78, 5) is 8.01. The lowest BCUT2D eigenvalue weighted by atomic mass is 10.2. The lowest BCUT2D eigenvalue weighted by molar-refractivity contribution is 1.28. The quantitative estimate of drug-likeness (QED) is 0.535. The van der Waals surface area contributed by atoms with Gasteiger partial charge in [-0.25, -0.2) is 4.98 Å². The molecule has 62 valence electrons. The average Bonchev–Trinajstić information content (AvgIpc) is 2.53. The molecule has 0 aliphatic heterocycles. The van der Waals surface area contributed by atoms with Gasteiger partial charge in [-0.2, -0.15) is 0 Å². The van der Waals surface area contributed by atoms with Crippen molar-refractivity contribution in [2.75, 3.05) is 0 Å². The number of hydrogen-bond donors (Lipinski definition) is 2. The topological polar surface area (TPSA) is 28.7 Å². The molecule has 2 aromatic rings. The number of benzene rings is 1. The maximum absolute atomic E-state index is 5.71. The van der Waals surface area contributed by atoms with Gasteiger partial charge in [0.05, 0.1) is 11.8 Å². The molecule has 0 radical (unpaired) electrons. The first-order valence-electron chi connectivity index (χ1n) is 3.53. The third-order valence-electron chi connectivity index (χ3n) is 1.79. The van der Waals surface area contributed by atoms with E-state index in [0.717, 1.165) is 21.5 Å². The van der Waals surface area contributed by atoms with Gasteiger partial charge in [0.15, 0.2) is 0 Å². The number of thiol groups is 1. The third-order valence-corrected chi connectivity index (χ3v) is 2.58. The van der Waals surface area contributed by atoms with Crippen LogP contribution in [0.15, 0.2) is 23.4 Å². The van der Waals surface area contributed by atoms with Crippen molar-refractivity contribution in [3.63, 3.8) is 0 Å². The number of nitrogens with one attached hydrogen (secondary N) is 1. The van der Waals surface area contributed by atoms with E-state index in [1.165, 1.54) is 0 Å². The molecule has 0 atom stereocenters. The minimum Gasteiger partial charge on any atom is -0.345 e. The Morgan fingerprint density at radius 1 is 1.50 bits per heavy atom. The number of aromatic nitrogens is 2. The lowest BCUT2D eigenvalue weighted by Crippen LogP contribution is -1.82. The molecule has 0 fully saturated rings. The Labute approximate surface area is 80.4 Å². The second-order valence-corrected chi connectivity index (χ2v) is 3.22. The van der Waals surface area contributed by atoms with Crippen LogP contribution in [-0.4, -0.2) is 9.97 Å². The zero-order valence-electron chi connectivity index (χ0n) is 6.21. The van der Waals surface area contributed by atoms with Crippen molar-refractivity contribution in [2.24, 2.45) is 0 Å². The van der Waals surface area contributed by atoms with E-state index in [1.807, 2.05) is 12.1 Å². The molecule has 1 N–H and O–H groups in total. The molecule has 2 nitrogen and oxygen atoms in total. The van der Waals surface area contributed by atoms with E-state index in [-0.39, 0.29) is 0 Å². The molecular weight excluding hydrogens is 192 g/mol. The molecule has 0 saturated carbocycles. The van der Waals surface area contributed by atoms with Crippen molar-refractivity contribution in [1.82, 2.24) is 9.97 Å². The Morgan fingerprint density at radius 3 is 3.08 bits per heavy atom. The molecule has 0 amide bonds. The van der Waals surface area contributed by atoms with E-state index in [2.05, 4.69) is 22.6 Å². The summed E-state index contributed by atoms with van der Waals surface area (Å²) in [7, 11) is 0. The number of imidazole rings is 1. The minimum atomic E-state index is 0.474. The molecule has 0 aliphatic carbocycles. The second kappa shape index (κ2) is 2.99. The zero-order chi connectivity index (χ0) is 8.55. The van der Waals surface area contributed by atoms with Gasteiger partial charge in [0, 0.05) is 10.8 Å². The summed E-state index contributed by atoms with van der Waals surface area (Å²) in [5.41, 5.74) is 2.89. The molecule has 2 rings (SSSR count). The Balaban J connectivity index is 2.78. The first kappa shape index (κ1) is 7.95. The van der Waals surface area contributed by atoms with Crippen molar-refractivity contribution in [2.45, 2.75) is 10.8 Å². The number of halogens is 1. The Hall–Kier alpha value is -0.670. The van der Waals surface area contributed by atoms with Gasteiger partial charge in [0.2, 0.25) is 0 Å². The predicted molar refractivity (Wildman–Crippen MR) is 52.9 cm³/mol. The molecule has 0 aliphatic rings. The number of rotatable bonds is 1. The van der Waals surface area contributed by atoms with Crippen LogP contribution in [0.1, 0.15) is 5.56 Å². The average molecular weight is 199 g/mol. The Kier molecular flexibility index (Phi) is 1.98. The molecular formula is C8H7ClN2S. The van der Waals surface area contributed by atoms with Crippen molar-refractivity contribution in [1.29, 1.82) is 0 Å². The number of fused-ring (bicyclic) bond motifs is 1. The summed E-state index contributed by atoms with van der Waals surface area (Å²) >= 11 is 10.1. The number of nitrogens with zero attached hydrogens (tertiary/aromatic N) is 1. The van der Waals surface area contributed by atoms with Gasteiger partial charge in [-0.05, 0) is 11.6 Å². The largest absolute Gasteiger partial charge is 0.345 e. The summed E-state index contributed by atoms with van der Waals surface area (Å²) in [5.74, 6) is 0.474. The molecule has 4 heteroatoms. The van der Waals surface area contributed by atoms with Crippen LogP contribution in [-0.2, 0) is 5.88 Å². The Morgan fingerprint density at radius 2 is 2.33 bits per heavy atom. The van der Waals surface area contributed by atoms with Crippen LogP contribution >= 0.6 is 24.2 Å². The standard InChI is InChI=1S/C8H7ClN2S/c9-3-5-1-2-6-7(8(5)12)11-4-10-6/h1-2,4,12H,3H2,(H,10,11). The number of aromatic amines is 1. The molecule has 1 heterocycles. The van der Waals surface area contributed by atoms with E-state index in [9.17, 15) is 0 Å². The van der Waals surface area contributed by atoms with Crippen LogP contribution in [0.25, 0.3) is 11.0 Å². The molecule has 1 aromatic carbocycles. The van der Waals surface area contributed by atoms with Crippen LogP contribution in [0.4, 0.5) is 0 Å². The van der Waals surface area contributed by atoms with Crippen LogP contribution in [0.2, 0.25) is 0 Å². The minimum absolute atomic E-state index is 0.474. The van der Waals surface area contributed by atoms with Crippen LogP contribution in [0.3, 0.4) is 0 Å². The fraction of sp³-hybridized carbons (Fsp3) is 0.125. The van der Waals surface area contributed by atoms with Gasteiger partial charge in [-0.1, -0.05) is 6.07 Å². The molecule has 1 aromatic heterocycles. The first-order chi connectivity index (χ1) is 5.83. The highest BCUT2D eigenvalue weighted by molar-refractivity contribution is 7.80. The highest BCUT2D eigenvalue weighted by Crippen LogP contribution is 2.23. The normalized spacial score (nSPS) is 10.8. The molecule has 0 unspecified atom stereocenters. The van der Waals surface area contributed by atoms with E-state index in [1.54, 1.807) is 6.33 Å². The van der Waals surface area contributed by atoms with Crippen molar-refractivity contribution >= 4 is 35.3 Å². The molecule has 0 spiro atoms. The van der Waals surface area contributed by atoms with E-state index >= 15 is 0 Å². The van der Waals surface area contributed by atoms with Crippen LogP contribution in [0, 0.1) is 0 Å². The fourth-order valence-corrected chi connectivity index (χ4v) is 1.79. The van der Waals surface area contributed by atoms with Crippen LogP contribution < -0.4 is 0 Å². The predicted octanol–water partition coefficient (Wildman–Crippen LogP) is 2.59. The summed E-state index contributed by atoms with van der Waals surface area (Å²) in [5, 5.41) is 0. The Bertz CT molecular complexity index is 410. The number of alkyl halides is 1. The summed E-state index contributed by atoms with van der Waals surface area (Å²) in [6.07, 6.45) is 1.66. The number of H-pyrrole nitrogens is 1. The summed E-state index contributed by atoms with van der Waals surface area (Å²) < 4.78 is 0. The molecule has 0 bridgehead atoms. The summed E-state index contributed by atoms with van der Waals surface area (Å²) in [6, 6.07) is 3.91. The maximum atomic E-state index is 5.71. The van der Waals surface area contributed by atoms with E-state index in [0.29, 0.717) is 5.88 Å². The van der Waals surface area contributed by atoms with Crippen LogP contribution in [0.5, 0.6) is 0 Å². The van der Waals surface area contributed by atoms with E-state index in [4.69, 9.17) is 11.6 Å². The zero-order valence-corrected chi connectivity index (χ0v) is 7.86. The highest BCUT2D eigenvalue weighted by atomic mass is 35.5. The van der Waals surface area contributed by atoms with Gasteiger partial charge in [0.25, 0.3) is 0 Å². The highest BCUT2D eigenvalue weighted by Gasteiger charge is 2.04. The van der Waals surface area contributed by atoms with Crippen molar-refractivity contribution in [3.05, 3.63) is 24.0 Å². The van der Waals surface area contributed by atoms with Gasteiger partial charge >= 0.3 is 0 Å². The molecule has 0 saturated heterocycles. The fourth-order valence-electron chi connectivity index (χ4n) is 1.14. The van der Waals surface area contributed by atoms with Crippen molar-refractivity contribution in [3.8, 4) is 0 Å². The third kappa shape index (κ3) is 1.09. The van der Waals surface area contributed by atoms with Gasteiger partial charge < -0.3 is 4.98 Å². The van der Waals surface area contributed by atoms with Gasteiger partial charge in [-0.15, -0.1) is 24.2 Å². The molecule has 12 heavy (non-hydrogen) atoms. The smallest absolute Gasteiger partial charge is 0.102 e. The summed E-state index contributed by atoms with van der Waals surface area (Å²) in [6.45, 7) is 0. The van der Waals surface area contributed by atoms with Crippen molar-refractivity contribution < 1.29 is 0 Å².